The Labute approximate surface area is 224 Å². The minimum Gasteiger partial charge on any atom is -0.374 e. The number of hydrogen-bond acceptors (Lipinski definition) is 10. The van der Waals surface area contributed by atoms with E-state index in [0.29, 0.717) is 13.2 Å². The molecule has 1 unspecified atom stereocenters. The number of hydrogen-bond donors (Lipinski definition) is 0. The van der Waals surface area contributed by atoms with Gasteiger partial charge in [-0.25, -0.2) is 29.3 Å². The maximum Gasteiger partial charge on any atom is 0.164 e. The maximum absolute atomic E-state index is 6.45. The van der Waals surface area contributed by atoms with Gasteiger partial charge in [-0.2, -0.15) is 0 Å². The van der Waals surface area contributed by atoms with E-state index in [-0.39, 0.29) is 6.61 Å². The van der Waals surface area contributed by atoms with Crippen molar-refractivity contribution in [2.75, 3.05) is 27.9 Å². The SMILES string of the molecule is COOC(C)[C@H](OOC)[C@@H](OOC)[C@H]1OC(C)(C)O[C@@H](COCc2ccccc2)[C@H]1OCc1ccccc1. The zero-order valence-corrected chi connectivity index (χ0v) is 22.9. The first-order valence-electron chi connectivity index (χ1n) is 12.6. The Morgan fingerprint density at radius 2 is 1.34 bits per heavy atom. The van der Waals surface area contributed by atoms with Crippen molar-refractivity contribution in [1.29, 1.82) is 0 Å². The van der Waals surface area contributed by atoms with Crippen molar-refractivity contribution in [2.45, 2.75) is 76.4 Å². The van der Waals surface area contributed by atoms with Crippen LogP contribution in [-0.4, -0.2) is 70.3 Å². The molecule has 0 N–H and O–H groups in total. The third-order valence-electron chi connectivity index (χ3n) is 6.00. The normalized spacial score (nSPS) is 23.6. The molecule has 1 heterocycles. The molecule has 6 atom stereocenters. The summed E-state index contributed by atoms with van der Waals surface area (Å²) in [5.41, 5.74) is 2.04. The first kappa shape index (κ1) is 30.6. The van der Waals surface area contributed by atoms with Gasteiger partial charge in [-0.15, -0.1) is 0 Å². The topological polar surface area (TPSA) is 92.3 Å². The van der Waals surface area contributed by atoms with E-state index in [1.807, 2.05) is 74.5 Å². The van der Waals surface area contributed by atoms with Gasteiger partial charge < -0.3 is 18.9 Å². The summed E-state index contributed by atoms with van der Waals surface area (Å²) < 4.78 is 25.3. The van der Waals surface area contributed by atoms with Crippen molar-refractivity contribution in [2.24, 2.45) is 0 Å². The fraction of sp³-hybridized carbons (Fsp3) is 0.571. The third kappa shape index (κ3) is 9.06. The fourth-order valence-corrected chi connectivity index (χ4v) is 4.41. The standard InChI is InChI=1S/C28H40O10/c1-20(36-29-4)24(37-30-5)27(38-31-6)26-25(33-18-22-15-11-8-12-16-22)23(34-28(2,3)35-26)19-32-17-21-13-9-7-10-14-21/h7-16,20,23-27H,17-19H2,1-6H3/t20?,23-,24-,25+,26-,27+/m0/s1. The highest BCUT2D eigenvalue weighted by Crippen LogP contribution is 2.35. The van der Waals surface area contributed by atoms with Crippen molar-refractivity contribution in [3.05, 3.63) is 71.8 Å². The summed E-state index contributed by atoms with van der Waals surface area (Å²) in [6, 6.07) is 19.8. The highest BCUT2D eigenvalue weighted by molar-refractivity contribution is 5.14. The van der Waals surface area contributed by atoms with Gasteiger partial charge in [0.05, 0.1) is 41.2 Å². The summed E-state index contributed by atoms with van der Waals surface area (Å²) >= 11 is 0. The molecule has 0 saturated carbocycles. The Morgan fingerprint density at radius 1 is 0.763 bits per heavy atom. The highest BCUT2D eigenvalue weighted by atomic mass is 17.2. The molecule has 1 aliphatic heterocycles. The van der Waals surface area contributed by atoms with Gasteiger partial charge >= 0.3 is 0 Å². The summed E-state index contributed by atoms with van der Waals surface area (Å²) in [6.45, 7) is 6.38. The van der Waals surface area contributed by atoms with Crippen molar-refractivity contribution in [1.82, 2.24) is 0 Å². The van der Waals surface area contributed by atoms with E-state index in [1.54, 1.807) is 6.92 Å². The first-order valence-corrected chi connectivity index (χ1v) is 12.6. The van der Waals surface area contributed by atoms with Crippen LogP contribution in [0.25, 0.3) is 0 Å². The summed E-state index contributed by atoms with van der Waals surface area (Å²) in [5.74, 6) is -1.00. The maximum atomic E-state index is 6.45. The van der Waals surface area contributed by atoms with Crippen LogP contribution in [0.5, 0.6) is 0 Å². The molecule has 38 heavy (non-hydrogen) atoms. The number of ether oxygens (including phenoxy) is 4. The van der Waals surface area contributed by atoms with Gasteiger partial charge in [0.15, 0.2) is 18.0 Å². The molecule has 2 aromatic carbocycles. The lowest BCUT2D eigenvalue weighted by molar-refractivity contribution is -0.442. The lowest BCUT2D eigenvalue weighted by Gasteiger charge is -2.48. The Hall–Kier alpha value is -1.96. The molecular formula is C28H40O10. The Morgan fingerprint density at radius 3 is 1.92 bits per heavy atom. The van der Waals surface area contributed by atoms with Gasteiger partial charge in [0.1, 0.15) is 24.4 Å². The second kappa shape index (κ2) is 15.6. The molecule has 0 aromatic heterocycles. The van der Waals surface area contributed by atoms with Gasteiger partial charge in [0.2, 0.25) is 0 Å². The second-order valence-electron chi connectivity index (χ2n) is 9.32. The number of rotatable bonds is 16. The average molecular weight is 537 g/mol. The molecule has 1 aliphatic rings. The molecule has 0 radical (unpaired) electrons. The fourth-order valence-electron chi connectivity index (χ4n) is 4.41. The molecule has 0 spiro atoms. The van der Waals surface area contributed by atoms with Gasteiger partial charge in [-0.3, -0.25) is 0 Å². The smallest absolute Gasteiger partial charge is 0.164 e. The summed E-state index contributed by atoms with van der Waals surface area (Å²) in [5, 5.41) is 0. The van der Waals surface area contributed by atoms with E-state index in [2.05, 4.69) is 0 Å². The highest BCUT2D eigenvalue weighted by Gasteiger charge is 2.52. The van der Waals surface area contributed by atoms with E-state index in [1.165, 1.54) is 21.3 Å². The minimum absolute atomic E-state index is 0.247. The molecular weight excluding hydrogens is 496 g/mol. The predicted molar refractivity (Wildman–Crippen MR) is 136 cm³/mol. The van der Waals surface area contributed by atoms with Crippen LogP contribution >= 0.6 is 0 Å². The molecule has 212 valence electrons. The van der Waals surface area contributed by atoms with Crippen molar-refractivity contribution in [3.63, 3.8) is 0 Å². The summed E-state index contributed by atoms with van der Waals surface area (Å²) in [4.78, 5) is 31.7. The Bertz CT molecular complexity index is 897. The molecule has 10 nitrogen and oxygen atoms in total. The van der Waals surface area contributed by atoms with E-state index in [0.717, 1.165) is 11.1 Å². The molecule has 0 bridgehead atoms. The van der Waals surface area contributed by atoms with Gasteiger partial charge in [-0.1, -0.05) is 60.7 Å². The van der Waals surface area contributed by atoms with Gasteiger partial charge in [0.25, 0.3) is 0 Å². The van der Waals surface area contributed by atoms with Crippen LogP contribution in [0.3, 0.4) is 0 Å². The molecule has 0 amide bonds. The van der Waals surface area contributed by atoms with Gasteiger partial charge in [0, 0.05) is 0 Å². The van der Waals surface area contributed by atoms with Crippen LogP contribution in [0.15, 0.2) is 60.7 Å². The Kier molecular flexibility index (Phi) is 12.5. The summed E-state index contributed by atoms with van der Waals surface area (Å²) in [6.07, 6.45) is -4.22. The van der Waals surface area contributed by atoms with Crippen molar-refractivity contribution >= 4 is 0 Å². The van der Waals surface area contributed by atoms with E-state index < -0.39 is 42.4 Å². The lowest BCUT2D eigenvalue weighted by atomic mass is 9.94. The van der Waals surface area contributed by atoms with E-state index in [4.69, 9.17) is 48.3 Å². The molecule has 10 heteroatoms. The zero-order chi connectivity index (χ0) is 27.4. The monoisotopic (exact) mass is 536 g/mol. The van der Waals surface area contributed by atoms with Crippen LogP contribution in [-0.2, 0) is 61.5 Å². The molecule has 0 aliphatic carbocycles. The molecule has 2 aromatic rings. The molecule has 1 fully saturated rings. The van der Waals surface area contributed by atoms with Crippen LogP contribution < -0.4 is 0 Å². The second-order valence-corrected chi connectivity index (χ2v) is 9.32. The largest absolute Gasteiger partial charge is 0.374 e. The van der Waals surface area contributed by atoms with Crippen LogP contribution in [0, 0.1) is 0 Å². The van der Waals surface area contributed by atoms with E-state index in [9.17, 15) is 0 Å². The minimum atomic E-state index is -1.00. The van der Waals surface area contributed by atoms with Crippen LogP contribution in [0.4, 0.5) is 0 Å². The molecule has 3 rings (SSSR count). The van der Waals surface area contributed by atoms with Gasteiger partial charge in [-0.05, 0) is 31.9 Å². The summed E-state index contributed by atoms with van der Waals surface area (Å²) in [7, 11) is 4.21. The first-order chi connectivity index (χ1) is 18.4. The number of benzene rings is 2. The van der Waals surface area contributed by atoms with Crippen molar-refractivity contribution in [3.8, 4) is 0 Å². The van der Waals surface area contributed by atoms with E-state index >= 15 is 0 Å². The van der Waals surface area contributed by atoms with Crippen molar-refractivity contribution < 1.29 is 48.3 Å². The van der Waals surface area contributed by atoms with Crippen LogP contribution in [0.2, 0.25) is 0 Å². The average Bonchev–Trinajstić information content (AvgIpc) is 2.91. The quantitative estimate of drug-likeness (QED) is 0.230. The third-order valence-corrected chi connectivity index (χ3v) is 6.00. The molecule has 1 saturated heterocycles. The zero-order valence-electron chi connectivity index (χ0n) is 22.9. The van der Waals surface area contributed by atoms with Crippen LogP contribution in [0.1, 0.15) is 31.9 Å². The Balaban J connectivity index is 1.89. The lowest BCUT2D eigenvalue weighted by Crippen LogP contribution is -2.63. The predicted octanol–water partition coefficient (Wildman–Crippen LogP) is 4.17.